The first-order valence-electron chi connectivity index (χ1n) is 5.65. The zero-order valence-electron chi connectivity index (χ0n) is 9.06. The second kappa shape index (κ2) is 3.32. The van der Waals surface area contributed by atoms with E-state index >= 15 is 0 Å². The number of aromatic nitrogens is 2. The Hall–Kier alpha value is -0.870. The van der Waals surface area contributed by atoms with Gasteiger partial charge >= 0.3 is 0 Å². The van der Waals surface area contributed by atoms with Gasteiger partial charge in [-0.25, -0.2) is 0 Å². The zero-order chi connectivity index (χ0) is 10.4. The Kier molecular flexibility index (Phi) is 2.07. The number of fused-ring (bicyclic) bond motifs is 1. The molecule has 0 unspecified atom stereocenters. The Morgan fingerprint density at radius 1 is 1.40 bits per heavy atom. The van der Waals surface area contributed by atoms with Crippen LogP contribution in [0.15, 0.2) is 6.07 Å². The van der Waals surface area contributed by atoms with Crippen LogP contribution in [0.2, 0.25) is 0 Å². The summed E-state index contributed by atoms with van der Waals surface area (Å²) in [5, 5.41) is 13.9. The highest BCUT2D eigenvalue weighted by molar-refractivity contribution is 5.18. The molecule has 0 amide bonds. The topological polar surface area (TPSA) is 41.3 Å². The summed E-state index contributed by atoms with van der Waals surface area (Å²) in [4.78, 5) is 2.32. The molecule has 4 heteroatoms. The summed E-state index contributed by atoms with van der Waals surface area (Å²) in [7, 11) is 2.14. The molecule has 3 rings (SSSR count). The molecule has 0 saturated heterocycles. The third-order valence-electron chi connectivity index (χ3n) is 3.54. The van der Waals surface area contributed by atoms with Gasteiger partial charge in [0.25, 0.3) is 0 Å². The van der Waals surface area contributed by atoms with Crippen LogP contribution in [-0.2, 0) is 13.1 Å². The van der Waals surface area contributed by atoms with Crippen LogP contribution in [0.5, 0.6) is 0 Å². The van der Waals surface area contributed by atoms with Gasteiger partial charge in [0.1, 0.15) is 0 Å². The van der Waals surface area contributed by atoms with Crippen LogP contribution >= 0.6 is 0 Å². The highest BCUT2D eigenvalue weighted by atomic mass is 16.3. The van der Waals surface area contributed by atoms with Gasteiger partial charge in [0.2, 0.25) is 0 Å². The van der Waals surface area contributed by atoms with Crippen LogP contribution in [-0.4, -0.2) is 39.5 Å². The van der Waals surface area contributed by atoms with E-state index in [0.29, 0.717) is 5.92 Å². The van der Waals surface area contributed by atoms with Crippen LogP contribution in [0.25, 0.3) is 0 Å². The van der Waals surface area contributed by atoms with Gasteiger partial charge in [0.05, 0.1) is 24.0 Å². The summed E-state index contributed by atoms with van der Waals surface area (Å²) in [6.45, 7) is 3.09. The van der Waals surface area contributed by atoms with Crippen molar-refractivity contribution >= 4 is 0 Å². The van der Waals surface area contributed by atoms with Crippen LogP contribution < -0.4 is 0 Å². The lowest BCUT2D eigenvalue weighted by molar-refractivity contribution is 0.0729. The molecule has 0 atom stereocenters. The van der Waals surface area contributed by atoms with Gasteiger partial charge in [-0.1, -0.05) is 0 Å². The van der Waals surface area contributed by atoms with Crippen molar-refractivity contribution in [2.45, 2.75) is 38.0 Å². The molecule has 1 aromatic heterocycles. The fourth-order valence-electron chi connectivity index (χ4n) is 2.45. The van der Waals surface area contributed by atoms with Crippen molar-refractivity contribution < 1.29 is 5.11 Å². The van der Waals surface area contributed by atoms with Gasteiger partial charge < -0.3 is 5.11 Å². The minimum atomic E-state index is -0.0867. The van der Waals surface area contributed by atoms with E-state index < -0.39 is 0 Å². The molecule has 1 aromatic rings. The van der Waals surface area contributed by atoms with Crippen LogP contribution in [0, 0.1) is 0 Å². The monoisotopic (exact) mass is 207 g/mol. The lowest BCUT2D eigenvalue weighted by Gasteiger charge is -2.29. The maximum absolute atomic E-state index is 9.28. The molecule has 82 valence electrons. The number of rotatable bonds is 1. The lowest BCUT2D eigenvalue weighted by Crippen LogP contribution is -2.30. The molecule has 1 N–H and O–H groups in total. The average Bonchev–Trinajstić information content (AvgIpc) is 2.55. The van der Waals surface area contributed by atoms with Crippen molar-refractivity contribution in [3.05, 3.63) is 17.5 Å². The number of likely N-dealkylation sites (N-methyl/N-ethyl adjacent to an activating group) is 1. The molecule has 15 heavy (non-hydrogen) atoms. The van der Waals surface area contributed by atoms with E-state index in [1.807, 2.05) is 0 Å². The molecule has 1 fully saturated rings. The number of nitrogens with zero attached hydrogens (tertiary/aromatic N) is 3. The summed E-state index contributed by atoms with van der Waals surface area (Å²) in [5.41, 5.74) is 2.51. The molecule has 0 bridgehead atoms. The highest BCUT2D eigenvalue weighted by Crippen LogP contribution is 2.36. The van der Waals surface area contributed by atoms with E-state index in [1.54, 1.807) is 0 Å². The number of hydrogen-bond donors (Lipinski definition) is 1. The Morgan fingerprint density at radius 3 is 2.93 bits per heavy atom. The van der Waals surface area contributed by atoms with Crippen LogP contribution in [0.3, 0.4) is 0 Å². The van der Waals surface area contributed by atoms with Crippen molar-refractivity contribution in [2.75, 3.05) is 13.6 Å². The van der Waals surface area contributed by atoms with Gasteiger partial charge in [-0.15, -0.1) is 0 Å². The average molecular weight is 207 g/mol. The molecule has 0 aromatic carbocycles. The summed E-state index contributed by atoms with van der Waals surface area (Å²) in [5.74, 6) is 0.503. The Labute approximate surface area is 89.5 Å². The van der Waals surface area contributed by atoms with Crippen LogP contribution in [0.4, 0.5) is 0 Å². The molecule has 1 aliphatic carbocycles. The predicted molar refractivity (Wildman–Crippen MR) is 56.5 cm³/mol. The second-order valence-corrected chi connectivity index (χ2v) is 4.84. The summed E-state index contributed by atoms with van der Waals surface area (Å²) in [6, 6.07) is 2.21. The number of aliphatic hydroxyl groups is 1. The molecular weight excluding hydrogens is 190 g/mol. The van der Waals surface area contributed by atoms with Gasteiger partial charge in [-0.2, -0.15) is 5.10 Å². The maximum Gasteiger partial charge on any atom is 0.0660 e. The summed E-state index contributed by atoms with van der Waals surface area (Å²) in [6.07, 6.45) is 1.70. The van der Waals surface area contributed by atoms with E-state index in [-0.39, 0.29) is 6.10 Å². The first-order valence-corrected chi connectivity index (χ1v) is 5.65. The quantitative estimate of drug-likeness (QED) is 0.732. The normalized spacial score (nSPS) is 31.1. The predicted octanol–water partition coefficient (Wildman–Crippen LogP) is 0.567. The van der Waals surface area contributed by atoms with Crippen molar-refractivity contribution in [2.24, 2.45) is 0 Å². The molecule has 2 heterocycles. The SMILES string of the molecule is CN1CCn2nc(C3CC(O)C3)cc2C1. The molecule has 4 nitrogen and oxygen atoms in total. The molecule has 1 aliphatic heterocycles. The van der Waals surface area contributed by atoms with E-state index in [1.165, 1.54) is 11.4 Å². The third kappa shape index (κ3) is 1.58. The van der Waals surface area contributed by atoms with Crippen molar-refractivity contribution in [1.29, 1.82) is 0 Å². The van der Waals surface area contributed by atoms with E-state index in [0.717, 1.165) is 32.5 Å². The minimum Gasteiger partial charge on any atom is -0.393 e. The second-order valence-electron chi connectivity index (χ2n) is 4.84. The Morgan fingerprint density at radius 2 is 2.20 bits per heavy atom. The Balaban J connectivity index is 1.81. The summed E-state index contributed by atoms with van der Waals surface area (Å²) < 4.78 is 2.13. The minimum absolute atomic E-state index is 0.0867. The fourth-order valence-corrected chi connectivity index (χ4v) is 2.45. The summed E-state index contributed by atoms with van der Waals surface area (Å²) >= 11 is 0. The van der Waals surface area contributed by atoms with Gasteiger partial charge in [0.15, 0.2) is 0 Å². The van der Waals surface area contributed by atoms with E-state index in [2.05, 4.69) is 27.8 Å². The smallest absolute Gasteiger partial charge is 0.0660 e. The highest BCUT2D eigenvalue weighted by Gasteiger charge is 2.31. The van der Waals surface area contributed by atoms with Gasteiger partial charge in [0, 0.05) is 19.0 Å². The number of hydrogen-bond acceptors (Lipinski definition) is 3. The molecule has 2 aliphatic rings. The standard InChI is InChI=1S/C11H17N3O/c1-13-2-3-14-9(7-13)6-11(12-14)8-4-10(15)5-8/h6,8,10,15H,2-5,7H2,1H3. The van der Waals surface area contributed by atoms with Crippen molar-refractivity contribution in [3.8, 4) is 0 Å². The van der Waals surface area contributed by atoms with Gasteiger partial charge in [-0.05, 0) is 26.0 Å². The zero-order valence-corrected chi connectivity index (χ0v) is 9.06. The third-order valence-corrected chi connectivity index (χ3v) is 3.54. The van der Waals surface area contributed by atoms with E-state index in [4.69, 9.17) is 0 Å². The molecular formula is C11H17N3O. The van der Waals surface area contributed by atoms with E-state index in [9.17, 15) is 5.11 Å². The molecule has 0 radical (unpaired) electrons. The molecule has 0 spiro atoms. The lowest BCUT2D eigenvalue weighted by atomic mass is 9.80. The fraction of sp³-hybridized carbons (Fsp3) is 0.727. The first kappa shape index (κ1) is 9.36. The largest absolute Gasteiger partial charge is 0.393 e. The van der Waals surface area contributed by atoms with Crippen LogP contribution in [0.1, 0.15) is 30.1 Å². The maximum atomic E-state index is 9.28. The van der Waals surface area contributed by atoms with Crippen molar-refractivity contribution in [3.63, 3.8) is 0 Å². The Bertz CT molecular complexity index is 368. The molecule has 1 saturated carbocycles. The van der Waals surface area contributed by atoms with Crippen molar-refractivity contribution in [1.82, 2.24) is 14.7 Å². The number of aliphatic hydroxyl groups excluding tert-OH is 1. The first-order chi connectivity index (χ1) is 7.22. The van der Waals surface area contributed by atoms with Gasteiger partial charge in [-0.3, -0.25) is 9.58 Å².